The molecule has 0 saturated carbocycles. The van der Waals surface area contributed by atoms with Gasteiger partial charge in [0.05, 0.1) is 0 Å². The first-order chi connectivity index (χ1) is 11.4. The summed E-state index contributed by atoms with van der Waals surface area (Å²) < 4.78 is 0. The Balaban J connectivity index is 1.75. The summed E-state index contributed by atoms with van der Waals surface area (Å²) in [6.07, 6.45) is 8.45. The molecule has 2 heterocycles. The maximum absolute atomic E-state index is 2.79. The lowest BCUT2D eigenvalue weighted by Gasteiger charge is -2.41. The van der Waals surface area contributed by atoms with Crippen molar-refractivity contribution in [2.45, 2.75) is 92.2 Å². The van der Waals surface area contributed by atoms with Gasteiger partial charge in [0.25, 0.3) is 0 Å². The molecule has 4 atom stereocenters. The predicted molar refractivity (Wildman–Crippen MR) is 106 cm³/mol. The molecule has 142 valence electrons. The van der Waals surface area contributed by atoms with Crippen LogP contribution >= 0.6 is 0 Å². The second-order valence-electron chi connectivity index (χ2n) is 9.56. The number of likely N-dealkylation sites (tertiary alicyclic amines) is 2. The first-order valence-corrected chi connectivity index (χ1v) is 10.9. The van der Waals surface area contributed by atoms with Gasteiger partial charge in [-0.2, -0.15) is 0 Å². The second-order valence-corrected chi connectivity index (χ2v) is 9.56. The van der Waals surface area contributed by atoms with Crippen LogP contribution < -0.4 is 0 Å². The van der Waals surface area contributed by atoms with Crippen LogP contribution in [-0.2, 0) is 0 Å². The van der Waals surface area contributed by atoms with Crippen LogP contribution in [0.5, 0.6) is 0 Å². The molecular formula is C22H44N2. The van der Waals surface area contributed by atoms with E-state index in [9.17, 15) is 0 Å². The highest BCUT2D eigenvalue weighted by atomic mass is 15.2. The summed E-state index contributed by atoms with van der Waals surface area (Å²) in [5.74, 6) is 3.54. The molecule has 4 unspecified atom stereocenters. The third kappa shape index (κ3) is 5.73. The fraction of sp³-hybridized carbons (Fsp3) is 1.00. The molecule has 0 aromatic carbocycles. The maximum Gasteiger partial charge on any atom is 0.00676 e. The molecule has 2 nitrogen and oxygen atoms in total. The highest BCUT2D eigenvalue weighted by molar-refractivity contribution is 4.82. The van der Waals surface area contributed by atoms with Gasteiger partial charge in [-0.1, -0.05) is 27.7 Å². The third-order valence-electron chi connectivity index (χ3n) is 7.11. The van der Waals surface area contributed by atoms with Gasteiger partial charge in [0.15, 0.2) is 0 Å². The lowest BCUT2D eigenvalue weighted by Crippen LogP contribution is -2.45. The largest absolute Gasteiger partial charge is 0.300 e. The van der Waals surface area contributed by atoms with Gasteiger partial charge in [-0.15, -0.1) is 0 Å². The molecule has 2 saturated heterocycles. The summed E-state index contributed by atoms with van der Waals surface area (Å²) in [7, 11) is 0. The van der Waals surface area contributed by atoms with E-state index in [0.29, 0.717) is 0 Å². The van der Waals surface area contributed by atoms with E-state index in [2.05, 4.69) is 51.3 Å². The highest BCUT2D eigenvalue weighted by Gasteiger charge is 2.28. The Kier molecular flexibility index (Phi) is 8.07. The Bertz CT molecular complexity index is 318. The Hall–Kier alpha value is -0.0800. The first kappa shape index (κ1) is 20.2. The van der Waals surface area contributed by atoms with E-state index in [1.54, 1.807) is 0 Å². The van der Waals surface area contributed by atoms with Gasteiger partial charge in [-0.25, -0.2) is 0 Å². The monoisotopic (exact) mass is 336 g/mol. The summed E-state index contributed by atoms with van der Waals surface area (Å²) in [5.41, 5.74) is 0. The molecular weight excluding hydrogens is 292 g/mol. The van der Waals surface area contributed by atoms with Crippen molar-refractivity contribution in [3.05, 3.63) is 0 Å². The van der Waals surface area contributed by atoms with Crippen LogP contribution in [-0.4, -0.2) is 48.1 Å². The molecule has 2 rings (SSSR count). The lowest BCUT2D eigenvalue weighted by molar-refractivity contribution is 0.0820. The Morgan fingerprint density at radius 3 is 1.38 bits per heavy atom. The number of rotatable bonds is 7. The fourth-order valence-corrected chi connectivity index (χ4v) is 4.82. The third-order valence-corrected chi connectivity index (χ3v) is 7.11. The highest BCUT2D eigenvalue weighted by Crippen LogP contribution is 2.28. The SMILES string of the molecule is CC(C)C1CCCN(C(C)CCC(C)N2CCCC(C(C)C)C2)C1. The van der Waals surface area contributed by atoms with Gasteiger partial charge in [0.1, 0.15) is 0 Å². The standard InChI is InChI=1S/C22H44N2/c1-17(2)21-9-7-13-23(15-21)19(5)11-12-20(6)24-14-8-10-22(16-24)18(3)4/h17-22H,7-16H2,1-6H3. The molecule has 2 aliphatic rings. The van der Waals surface area contributed by atoms with Crippen LogP contribution in [0.1, 0.15) is 80.1 Å². The van der Waals surface area contributed by atoms with Crippen molar-refractivity contribution < 1.29 is 0 Å². The smallest absolute Gasteiger partial charge is 0.00676 e. The Labute approximate surface area is 152 Å². The summed E-state index contributed by atoms with van der Waals surface area (Å²) in [4.78, 5) is 5.57. The van der Waals surface area contributed by atoms with Gasteiger partial charge in [0, 0.05) is 25.2 Å². The summed E-state index contributed by atoms with van der Waals surface area (Å²) >= 11 is 0. The molecule has 0 spiro atoms. The zero-order chi connectivity index (χ0) is 17.7. The normalized spacial score (nSPS) is 30.0. The molecule has 2 fully saturated rings. The average Bonchev–Trinajstić information content (AvgIpc) is 2.59. The van der Waals surface area contributed by atoms with E-state index in [4.69, 9.17) is 0 Å². The van der Waals surface area contributed by atoms with Crippen molar-refractivity contribution in [2.75, 3.05) is 26.2 Å². The maximum atomic E-state index is 2.79. The molecule has 2 heteroatoms. The van der Waals surface area contributed by atoms with Gasteiger partial charge in [-0.3, -0.25) is 0 Å². The molecule has 24 heavy (non-hydrogen) atoms. The van der Waals surface area contributed by atoms with Gasteiger partial charge in [-0.05, 0) is 89.1 Å². The minimum Gasteiger partial charge on any atom is -0.300 e. The van der Waals surface area contributed by atoms with Crippen molar-refractivity contribution in [3.8, 4) is 0 Å². The van der Waals surface area contributed by atoms with Crippen LogP contribution in [0, 0.1) is 23.7 Å². The molecule has 0 aliphatic carbocycles. The Morgan fingerprint density at radius 1 is 0.667 bits per heavy atom. The number of piperidine rings is 2. The van der Waals surface area contributed by atoms with E-state index >= 15 is 0 Å². The summed E-state index contributed by atoms with van der Waals surface area (Å²) in [5, 5.41) is 0. The van der Waals surface area contributed by atoms with Crippen molar-refractivity contribution in [3.63, 3.8) is 0 Å². The molecule has 0 radical (unpaired) electrons. The minimum absolute atomic E-state index is 0.764. The predicted octanol–water partition coefficient (Wildman–Crippen LogP) is 5.28. The second kappa shape index (κ2) is 9.57. The van der Waals surface area contributed by atoms with Crippen molar-refractivity contribution >= 4 is 0 Å². The molecule has 2 aliphatic heterocycles. The van der Waals surface area contributed by atoms with Crippen molar-refractivity contribution in [1.29, 1.82) is 0 Å². The first-order valence-electron chi connectivity index (χ1n) is 10.9. The number of hydrogen-bond donors (Lipinski definition) is 0. The van der Waals surface area contributed by atoms with Crippen LogP contribution in [0.25, 0.3) is 0 Å². The van der Waals surface area contributed by atoms with Crippen molar-refractivity contribution in [2.24, 2.45) is 23.7 Å². The quantitative estimate of drug-likeness (QED) is 0.624. The summed E-state index contributed by atoms with van der Waals surface area (Å²) in [6, 6.07) is 1.53. The lowest BCUT2D eigenvalue weighted by atomic mass is 9.86. The molecule has 0 amide bonds. The molecule has 0 aromatic rings. The number of nitrogens with zero attached hydrogens (tertiary/aromatic N) is 2. The van der Waals surface area contributed by atoms with Crippen molar-refractivity contribution in [1.82, 2.24) is 9.80 Å². The van der Waals surface area contributed by atoms with E-state index in [0.717, 1.165) is 35.8 Å². The van der Waals surface area contributed by atoms with Crippen LogP contribution in [0.3, 0.4) is 0 Å². The zero-order valence-corrected chi connectivity index (χ0v) is 17.4. The zero-order valence-electron chi connectivity index (χ0n) is 17.4. The number of hydrogen-bond acceptors (Lipinski definition) is 2. The van der Waals surface area contributed by atoms with E-state index in [1.165, 1.54) is 64.7 Å². The van der Waals surface area contributed by atoms with E-state index in [-0.39, 0.29) is 0 Å². The molecule has 0 bridgehead atoms. The summed E-state index contributed by atoms with van der Waals surface area (Å²) in [6.45, 7) is 19.9. The van der Waals surface area contributed by atoms with Gasteiger partial charge >= 0.3 is 0 Å². The molecule has 0 aromatic heterocycles. The topological polar surface area (TPSA) is 6.48 Å². The van der Waals surface area contributed by atoms with Crippen LogP contribution in [0.4, 0.5) is 0 Å². The van der Waals surface area contributed by atoms with Gasteiger partial charge in [0.2, 0.25) is 0 Å². The van der Waals surface area contributed by atoms with Gasteiger partial charge < -0.3 is 9.80 Å². The van der Waals surface area contributed by atoms with Crippen LogP contribution in [0.2, 0.25) is 0 Å². The minimum atomic E-state index is 0.764. The van der Waals surface area contributed by atoms with E-state index < -0.39 is 0 Å². The molecule has 0 N–H and O–H groups in total. The van der Waals surface area contributed by atoms with E-state index in [1.807, 2.05) is 0 Å². The Morgan fingerprint density at radius 2 is 1.04 bits per heavy atom. The van der Waals surface area contributed by atoms with Crippen LogP contribution in [0.15, 0.2) is 0 Å². The average molecular weight is 337 g/mol. The fourth-order valence-electron chi connectivity index (χ4n) is 4.82.